The molecular formula is C9H13NO2. The molecule has 1 aliphatic heterocycles. The maximum absolute atomic E-state index is 11.2. The van der Waals surface area contributed by atoms with Gasteiger partial charge in [-0.25, -0.2) is 0 Å². The molecule has 0 spiro atoms. The van der Waals surface area contributed by atoms with E-state index in [0.717, 1.165) is 13.0 Å². The number of amides is 1. The van der Waals surface area contributed by atoms with Crippen LogP contribution in [0.15, 0.2) is 0 Å². The Morgan fingerprint density at radius 3 is 2.92 bits per heavy atom. The molecule has 66 valence electrons. The van der Waals surface area contributed by atoms with Crippen molar-refractivity contribution in [2.24, 2.45) is 0 Å². The van der Waals surface area contributed by atoms with Gasteiger partial charge in [0.1, 0.15) is 0 Å². The van der Waals surface area contributed by atoms with E-state index in [-0.39, 0.29) is 12.0 Å². The fourth-order valence-electron chi connectivity index (χ4n) is 1.29. The number of hydrogen-bond acceptors (Lipinski definition) is 2. The highest BCUT2D eigenvalue weighted by Gasteiger charge is 2.24. The number of likely N-dealkylation sites (tertiary alicyclic amines) is 1. The lowest BCUT2D eigenvalue weighted by Gasteiger charge is -2.11. The van der Waals surface area contributed by atoms with Gasteiger partial charge in [0.2, 0.25) is 0 Å². The van der Waals surface area contributed by atoms with E-state index in [4.69, 9.17) is 4.74 Å². The zero-order valence-corrected chi connectivity index (χ0v) is 7.46. The summed E-state index contributed by atoms with van der Waals surface area (Å²) in [6.07, 6.45) is 1.13. The van der Waals surface area contributed by atoms with E-state index in [9.17, 15) is 4.79 Å². The highest BCUT2D eigenvalue weighted by atomic mass is 16.5. The molecule has 1 atom stereocenters. The third-order valence-electron chi connectivity index (χ3n) is 2.00. The Kier molecular flexibility index (Phi) is 3.12. The van der Waals surface area contributed by atoms with Crippen molar-refractivity contribution in [1.29, 1.82) is 0 Å². The van der Waals surface area contributed by atoms with Gasteiger partial charge in [0.15, 0.2) is 0 Å². The Labute approximate surface area is 72.7 Å². The number of rotatable bonds is 1. The molecule has 1 aliphatic rings. The minimum Gasteiger partial charge on any atom is -0.380 e. The average Bonchev–Trinajstić information content (AvgIpc) is 2.52. The van der Waals surface area contributed by atoms with Crippen molar-refractivity contribution in [2.45, 2.75) is 19.4 Å². The van der Waals surface area contributed by atoms with E-state index in [1.165, 1.54) is 0 Å². The van der Waals surface area contributed by atoms with E-state index in [1.807, 2.05) is 0 Å². The zero-order valence-electron chi connectivity index (χ0n) is 7.46. The number of hydrogen-bond donors (Lipinski definition) is 0. The van der Waals surface area contributed by atoms with Gasteiger partial charge < -0.3 is 9.64 Å². The number of carbonyl (C=O) groups is 1. The average molecular weight is 167 g/mol. The standard InChI is InChI=1S/C9H13NO2/c1-3-4-9(11)10-6-5-8(7-10)12-2/h8H,5-7H2,1-2H3. The topological polar surface area (TPSA) is 29.5 Å². The van der Waals surface area contributed by atoms with Crippen LogP contribution in [0.25, 0.3) is 0 Å². The summed E-state index contributed by atoms with van der Waals surface area (Å²) in [5.74, 6) is 5.02. The molecule has 0 aromatic carbocycles. The maximum Gasteiger partial charge on any atom is 0.298 e. The minimum absolute atomic E-state index is 0.0861. The van der Waals surface area contributed by atoms with E-state index in [2.05, 4.69) is 11.8 Å². The Bertz CT molecular complexity index is 226. The van der Waals surface area contributed by atoms with Crippen LogP contribution in [-0.4, -0.2) is 37.1 Å². The fourth-order valence-corrected chi connectivity index (χ4v) is 1.29. The first kappa shape index (κ1) is 9.08. The van der Waals surface area contributed by atoms with Crippen LogP contribution in [-0.2, 0) is 9.53 Å². The highest BCUT2D eigenvalue weighted by Crippen LogP contribution is 2.11. The molecule has 1 saturated heterocycles. The van der Waals surface area contributed by atoms with Gasteiger partial charge in [-0.2, -0.15) is 0 Å². The van der Waals surface area contributed by atoms with E-state index in [1.54, 1.807) is 18.9 Å². The second kappa shape index (κ2) is 4.13. The van der Waals surface area contributed by atoms with Crippen molar-refractivity contribution in [3.8, 4) is 11.8 Å². The quantitative estimate of drug-likeness (QED) is 0.524. The lowest BCUT2D eigenvalue weighted by Crippen LogP contribution is -2.28. The molecule has 3 nitrogen and oxygen atoms in total. The van der Waals surface area contributed by atoms with Crippen molar-refractivity contribution in [2.75, 3.05) is 20.2 Å². The van der Waals surface area contributed by atoms with Crippen LogP contribution in [0.3, 0.4) is 0 Å². The molecule has 1 heterocycles. The van der Waals surface area contributed by atoms with Gasteiger partial charge in [0.05, 0.1) is 6.10 Å². The number of ether oxygens (including phenoxy) is 1. The number of carbonyl (C=O) groups excluding carboxylic acids is 1. The summed E-state index contributed by atoms with van der Waals surface area (Å²) in [6, 6.07) is 0. The molecule has 0 saturated carbocycles. The first-order valence-electron chi connectivity index (χ1n) is 4.02. The zero-order chi connectivity index (χ0) is 8.97. The minimum atomic E-state index is -0.0861. The number of methoxy groups -OCH3 is 1. The van der Waals surface area contributed by atoms with Gasteiger partial charge in [-0.3, -0.25) is 4.79 Å². The first-order chi connectivity index (χ1) is 5.77. The molecule has 3 heteroatoms. The summed E-state index contributed by atoms with van der Waals surface area (Å²) in [7, 11) is 1.67. The van der Waals surface area contributed by atoms with Crippen LogP contribution >= 0.6 is 0 Å². The Hall–Kier alpha value is -1.01. The molecule has 0 radical (unpaired) electrons. The van der Waals surface area contributed by atoms with Crippen LogP contribution in [0.4, 0.5) is 0 Å². The van der Waals surface area contributed by atoms with E-state index < -0.39 is 0 Å². The molecule has 1 rings (SSSR count). The maximum atomic E-state index is 11.2. The van der Waals surface area contributed by atoms with Crippen molar-refractivity contribution in [1.82, 2.24) is 4.90 Å². The van der Waals surface area contributed by atoms with Gasteiger partial charge in [-0.05, 0) is 19.3 Å². The molecular weight excluding hydrogens is 154 g/mol. The van der Waals surface area contributed by atoms with E-state index >= 15 is 0 Å². The Morgan fingerprint density at radius 1 is 1.67 bits per heavy atom. The van der Waals surface area contributed by atoms with Gasteiger partial charge in [0.25, 0.3) is 5.91 Å². The summed E-state index contributed by atoms with van der Waals surface area (Å²) >= 11 is 0. The van der Waals surface area contributed by atoms with Gasteiger partial charge in [-0.1, -0.05) is 5.92 Å². The molecule has 0 aromatic rings. The molecule has 0 aliphatic carbocycles. The van der Waals surface area contributed by atoms with Crippen LogP contribution in [0, 0.1) is 11.8 Å². The second-order valence-electron chi connectivity index (χ2n) is 2.77. The van der Waals surface area contributed by atoms with Crippen LogP contribution < -0.4 is 0 Å². The fraction of sp³-hybridized carbons (Fsp3) is 0.667. The van der Waals surface area contributed by atoms with Crippen LogP contribution in [0.5, 0.6) is 0 Å². The van der Waals surface area contributed by atoms with Crippen LogP contribution in [0.1, 0.15) is 13.3 Å². The first-order valence-corrected chi connectivity index (χ1v) is 4.02. The third kappa shape index (κ3) is 1.99. The van der Waals surface area contributed by atoms with Gasteiger partial charge >= 0.3 is 0 Å². The molecule has 1 unspecified atom stereocenters. The normalized spacial score (nSPS) is 21.8. The van der Waals surface area contributed by atoms with Crippen LogP contribution in [0.2, 0.25) is 0 Å². The molecule has 12 heavy (non-hydrogen) atoms. The van der Waals surface area contributed by atoms with Gasteiger partial charge in [-0.15, -0.1) is 0 Å². The van der Waals surface area contributed by atoms with Gasteiger partial charge in [0, 0.05) is 20.2 Å². The molecule has 1 fully saturated rings. The van der Waals surface area contributed by atoms with Crippen molar-refractivity contribution < 1.29 is 9.53 Å². The lowest BCUT2D eigenvalue weighted by atomic mass is 10.3. The number of nitrogens with zero attached hydrogens (tertiary/aromatic N) is 1. The molecule has 0 N–H and O–H groups in total. The molecule has 0 bridgehead atoms. The SMILES string of the molecule is CC#CC(=O)N1CCC(OC)C1. The smallest absolute Gasteiger partial charge is 0.298 e. The summed E-state index contributed by atoms with van der Waals surface area (Å²) in [4.78, 5) is 12.9. The molecule has 0 aromatic heterocycles. The van der Waals surface area contributed by atoms with Crippen molar-refractivity contribution >= 4 is 5.91 Å². The monoisotopic (exact) mass is 167 g/mol. The third-order valence-corrected chi connectivity index (χ3v) is 2.00. The van der Waals surface area contributed by atoms with Crippen molar-refractivity contribution in [3.05, 3.63) is 0 Å². The highest BCUT2D eigenvalue weighted by molar-refractivity contribution is 5.93. The predicted molar refractivity (Wildman–Crippen MR) is 45.4 cm³/mol. The second-order valence-corrected chi connectivity index (χ2v) is 2.77. The summed E-state index contributed by atoms with van der Waals surface area (Å²) in [5, 5.41) is 0. The van der Waals surface area contributed by atoms with E-state index in [0.29, 0.717) is 6.54 Å². The lowest BCUT2D eigenvalue weighted by molar-refractivity contribution is -0.124. The predicted octanol–water partition coefficient (Wildman–Crippen LogP) is 0.257. The summed E-state index contributed by atoms with van der Waals surface area (Å²) in [6.45, 7) is 3.12. The van der Waals surface area contributed by atoms with Crippen molar-refractivity contribution in [3.63, 3.8) is 0 Å². The summed E-state index contributed by atoms with van der Waals surface area (Å²) < 4.78 is 5.13. The Morgan fingerprint density at radius 2 is 2.42 bits per heavy atom. The largest absolute Gasteiger partial charge is 0.380 e. The summed E-state index contributed by atoms with van der Waals surface area (Å²) in [5.41, 5.74) is 0. The molecule has 1 amide bonds. The Balaban J connectivity index is 2.44.